The van der Waals surface area contributed by atoms with E-state index in [0.29, 0.717) is 12.1 Å². The third kappa shape index (κ3) is 2.34. The predicted octanol–water partition coefficient (Wildman–Crippen LogP) is 3.54. The van der Waals surface area contributed by atoms with Crippen LogP contribution in [0.3, 0.4) is 0 Å². The lowest BCUT2D eigenvalue weighted by Crippen LogP contribution is -2.44. The van der Waals surface area contributed by atoms with Crippen LogP contribution in [0.4, 0.5) is 26.3 Å². The number of hydrogen-bond acceptors (Lipinski definition) is 2. The zero-order chi connectivity index (χ0) is 14.0. The minimum Gasteiger partial charge on any atom is -0.388 e. The van der Waals surface area contributed by atoms with E-state index in [1.807, 2.05) is 0 Å². The Labute approximate surface area is 97.4 Å². The van der Waals surface area contributed by atoms with Gasteiger partial charge in [-0.3, -0.25) is 0 Å². The summed E-state index contributed by atoms with van der Waals surface area (Å²) in [5.41, 5.74) is -6.01. The van der Waals surface area contributed by atoms with E-state index in [1.165, 1.54) is 6.26 Å². The van der Waals surface area contributed by atoms with Gasteiger partial charge in [-0.05, 0) is 12.1 Å². The van der Waals surface area contributed by atoms with E-state index < -0.39 is 23.8 Å². The maximum Gasteiger partial charge on any atom is 0.432 e. The zero-order valence-corrected chi connectivity index (χ0v) is 8.51. The quantitative estimate of drug-likeness (QED) is 0.621. The molecule has 2 nitrogen and oxygen atoms in total. The minimum absolute atomic E-state index is 0.181. The zero-order valence-electron chi connectivity index (χ0n) is 8.51. The molecule has 0 saturated carbocycles. The predicted molar refractivity (Wildman–Crippen MR) is 47.5 cm³/mol. The molecule has 1 aromatic carbocycles. The number of nitriles is 1. The average molecular weight is 269 g/mol. The summed E-state index contributed by atoms with van der Waals surface area (Å²) in [6, 6.07) is 2.57. The lowest BCUT2D eigenvalue weighted by atomic mass is 9.95. The summed E-state index contributed by atoms with van der Waals surface area (Å²) in [7, 11) is 0. The van der Waals surface area contributed by atoms with Crippen molar-refractivity contribution in [3.05, 3.63) is 29.8 Å². The molecule has 1 atom stereocenters. The van der Waals surface area contributed by atoms with Crippen molar-refractivity contribution in [3.8, 4) is 12.0 Å². The van der Waals surface area contributed by atoms with E-state index in [0.717, 1.165) is 12.1 Å². The molecule has 1 aromatic rings. The maximum atomic E-state index is 13.5. The molecule has 0 aromatic heterocycles. The SMILES string of the molecule is N#COc1ccc(C(F)(C(F)F)C(F)(F)F)cc1. The fraction of sp³-hybridized carbons (Fsp3) is 0.300. The normalized spacial score (nSPS) is 15.0. The van der Waals surface area contributed by atoms with Gasteiger partial charge in [-0.1, -0.05) is 12.1 Å². The molecule has 0 aliphatic heterocycles. The molecule has 98 valence electrons. The number of halogens is 6. The molecule has 0 aliphatic rings. The van der Waals surface area contributed by atoms with Crippen molar-refractivity contribution >= 4 is 0 Å². The number of nitrogens with zero attached hydrogens (tertiary/aromatic N) is 1. The lowest BCUT2D eigenvalue weighted by Gasteiger charge is -2.27. The molecule has 0 fully saturated rings. The van der Waals surface area contributed by atoms with Crippen LogP contribution < -0.4 is 4.74 Å². The smallest absolute Gasteiger partial charge is 0.388 e. The van der Waals surface area contributed by atoms with Crippen LogP contribution in [0, 0.1) is 11.5 Å². The van der Waals surface area contributed by atoms with Gasteiger partial charge in [-0.25, -0.2) is 13.2 Å². The summed E-state index contributed by atoms with van der Waals surface area (Å²) in [5.74, 6) is -0.181. The largest absolute Gasteiger partial charge is 0.432 e. The van der Waals surface area contributed by atoms with Crippen LogP contribution in [0.25, 0.3) is 0 Å². The van der Waals surface area contributed by atoms with Crippen molar-refractivity contribution in [2.75, 3.05) is 0 Å². The van der Waals surface area contributed by atoms with E-state index in [2.05, 4.69) is 4.74 Å². The Morgan fingerprint density at radius 3 is 1.89 bits per heavy atom. The second kappa shape index (κ2) is 4.76. The Kier molecular flexibility index (Phi) is 3.74. The van der Waals surface area contributed by atoms with Gasteiger partial charge in [-0.15, -0.1) is 5.26 Å². The van der Waals surface area contributed by atoms with E-state index in [1.54, 1.807) is 0 Å². The number of rotatable bonds is 3. The van der Waals surface area contributed by atoms with E-state index >= 15 is 0 Å². The van der Waals surface area contributed by atoms with Gasteiger partial charge in [0.2, 0.25) is 0 Å². The highest BCUT2D eigenvalue weighted by atomic mass is 19.4. The van der Waals surface area contributed by atoms with Gasteiger partial charge in [0, 0.05) is 5.56 Å². The highest BCUT2D eigenvalue weighted by Gasteiger charge is 2.63. The second-order valence-corrected chi connectivity index (χ2v) is 3.23. The Morgan fingerprint density at radius 2 is 1.56 bits per heavy atom. The summed E-state index contributed by atoms with van der Waals surface area (Å²) >= 11 is 0. The average Bonchev–Trinajstić information content (AvgIpc) is 2.27. The van der Waals surface area contributed by atoms with E-state index in [-0.39, 0.29) is 5.75 Å². The molecule has 0 bridgehead atoms. The number of benzene rings is 1. The Balaban J connectivity index is 3.21. The third-order valence-electron chi connectivity index (χ3n) is 2.15. The molecule has 1 rings (SSSR count). The maximum absolute atomic E-state index is 13.5. The van der Waals surface area contributed by atoms with Gasteiger partial charge in [0.05, 0.1) is 0 Å². The Hall–Kier alpha value is -1.91. The summed E-state index contributed by atoms with van der Waals surface area (Å²) < 4.78 is 79.4. The van der Waals surface area contributed by atoms with Crippen molar-refractivity contribution in [2.24, 2.45) is 0 Å². The van der Waals surface area contributed by atoms with E-state index in [4.69, 9.17) is 5.26 Å². The first-order valence-electron chi connectivity index (χ1n) is 4.43. The third-order valence-corrected chi connectivity index (χ3v) is 2.15. The van der Waals surface area contributed by atoms with Gasteiger partial charge in [0.15, 0.2) is 0 Å². The summed E-state index contributed by atoms with van der Waals surface area (Å²) in [6.45, 7) is 0. The first kappa shape index (κ1) is 14.2. The minimum atomic E-state index is -5.75. The van der Waals surface area contributed by atoms with Crippen LogP contribution in [0.15, 0.2) is 24.3 Å². The molecule has 0 spiro atoms. The first-order valence-corrected chi connectivity index (χ1v) is 4.43. The molecular formula is C10H5F6NO. The molecule has 1 unspecified atom stereocenters. The molecule has 0 amide bonds. The van der Waals surface area contributed by atoms with Crippen LogP contribution in [0.5, 0.6) is 5.75 Å². The first-order chi connectivity index (χ1) is 8.23. The van der Waals surface area contributed by atoms with Gasteiger partial charge < -0.3 is 4.74 Å². The summed E-state index contributed by atoms with van der Waals surface area (Å²) in [4.78, 5) is 0. The van der Waals surface area contributed by atoms with Crippen molar-refractivity contribution < 1.29 is 31.1 Å². The lowest BCUT2D eigenvalue weighted by molar-refractivity contribution is -0.274. The van der Waals surface area contributed by atoms with Crippen molar-refractivity contribution in [1.29, 1.82) is 5.26 Å². The Morgan fingerprint density at radius 1 is 1.06 bits per heavy atom. The monoisotopic (exact) mass is 269 g/mol. The van der Waals surface area contributed by atoms with Crippen LogP contribution in [0.2, 0.25) is 0 Å². The summed E-state index contributed by atoms with van der Waals surface area (Å²) in [6.07, 6.45) is -8.78. The van der Waals surface area contributed by atoms with Gasteiger partial charge in [-0.2, -0.15) is 13.2 Å². The summed E-state index contributed by atoms with van der Waals surface area (Å²) in [5, 5.41) is 8.12. The number of alkyl halides is 6. The second-order valence-electron chi connectivity index (χ2n) is 3.23. The van der Waals surface area contributed by atoms with Crippen molar-refractivity contribution in [1.82, 2.24) is 0 Å². The molecule has 0 heterocycles. The molecule has 0 N–H and O–H groups in total. The highest BCUT2D eigenvalue weighted by molar-refractivity contribution is 5.33. The van der Waals surface area contributed by atoms with Crippen LogP contribution in [-0.2, 0) is 5.67 Å². The van der Waals surface area contributed by atoms with Crippen molar-refractivity contribution in [3.63, 3.8) is 0 Å². The van der Waals surface area contributed by atoms with Gasteiger partial charge in [0.25, 0.3) is 18.3 Å². The van der Waals surface area contributed by atoms with Crippen LogP contribution in [0.1, 0.15) is 5.56 Å². The van der Waals surface area contributed by atoms with Crippen LogP contribution >= 0.6 is 0 Å². The highest BCUT2D eigenvalue weighted by Crippen LogP contribution is 2.47. The van der Waals surface area contributed by atoms with Crippen molar-refractivity contribution in [2.45, 2.75) is 18.3 Å². The number of hydrogen-bond donors (Lipinski definition) is 0. The molecular weight excluding hydrogens is 264 g/mol. The van der Waals surface area contributed by atoms with Gasteiger partial charge >= 0.3 is 6.18 Å². The topological polar surface area (TPSA) is 33.0 Å². The van der Waals surface area contributed by atoms with E-state index in [9.17, 15) is 26.3 Å². The number of ether oxygens (including phenoxy) is 1. The van der Waals surface area contributed by atoms with Gasteiger partial charge in [0.1, 0.15) is 5.75 Å². The Bertz CT molecular complexity index is 449. The fourth-order valence-electron chi connectivity index (χ4n) is 1.23. The standard InChI is InChI=1S/C10H5F6NO/c11-8(12)9(13,10(14,15)16)6-1-3-7(4-2-6)18-5-17/h1-4,8H. The molecule has 8 heteroatoms. The molecule has 0 saturated heterocycles. The molecule has 18 heavy (non-hydrogen) atoms. The van der Waals surface area contributed by atoms with Crippen LogP contribution in [-0.4, -0.2) is 12.6 Å². The molecule has 0 radical (unpaired) electrons. The fourth-order valence-corrected chi connectivity index (χ4v) is 1.23. The molecule has 0 aliphatic carbocycles.